The van der Waals surface area contributed by atoms with Crippen LogP contribution in [-0.2, 0) is 0 Å². The predicted molar refractivity (Wildman–Crippen MR) is 54.5 cm³/mol. The van der Waals surface area contributed by atoms with E-state index in [-0.39, 0.29) is 17.7 Å². The molecule has 1 aliphatic rings. The van der Waals surface area contributed by atoms with Crippen LogP contribution >= 0.6 is 0 Å². The molecule has 2 rings (SSSR count). The molecule has 0 aliphatic carbocycles. The summed E-state index contributed by atoms with van der Waals surface area (Å²) in [7, 11) is 1.77. The Kier molecular flexibility index (Phi) is 2.98. The number of hydrogen-bond acceptors (Lipinski definition) is 2. The van der Waals surface area contributed by atoms with Crippen molar-refractivity contribution < 1.29 is 8.78 Å². The van der Waals surface area contributed by atoms with Gasteiger partial charge in [0.2, 0.25) is 0 Å². The fourth-order valence-electron chi connectivity index (χ4n) is 1.94. The highest BCUT2D eigenvalue weighted by molar-refractivity contribution is 5.23. The number of rotatable bonds is 3. The first kappa shape index (κ1) is 10.5. The highest BCUT2D eigenvalue weighted by Crippen LogP contribution is 2.27. The van der Waals surface area contributed by atoms with E-state index in [1.165, 1.54) is 12.1 Å². The predicted octanol–water partition coefficient (Wildman–Crippen LogP) is 1.44. The lowest BCUT2D eigenvalue weighted by atomic mass is 9.88. The van der Waals surface area contributed by atoms with Crippen LogP contribution in [0.3, 0.4) is 0 Å². The Bertz CT molecular complexity index is 350. The van der Waals surface area contributed by atoms with Gasteiger partial charge in [-0.3, -0.25) is 0 Å². The topological polar surface area (TPSA) is 24.1 Å². The SMILES string of the molecule is CNC(c1cc(F)ccc1F)C1CNC1. The van der Waals surface area contributed by atoms with Gasteiger partial charge in [0.1, 0.15) is 11.6 Å². The van der Waals surface area contributed by atoms with Crippen LogP contribution in [0, 0.1) is 17.6 Å². The molecule has 0 bridgehead atoms. The lowest BCUT2D eigenvalue weighted by molar-refractivity contribution is 0.263. The van der Waals surface area contributed by atoms with Gasteiger partial charge in [0.25, 0.3) is 0 Å². The molecule has 2 nitrogen and oxygen atoms in total. The minimum atomic E-state index is -0.390. The molecule has 1 aliphatic heterocycles. The second kappa shape index (κ2) is 4.24. The fraction of sp³-hybridized carbons (Fsp3) is 0.455. The van der Waals surface area contributed by atoms with E-state index < -0.39 is 0 Å². The van der Waals surface area contributed by atoms with E-state index in [0.717, 1.165) is 19.2 Å². The maximum absolute atomic E-state index is 13.5. The average Bonchev–Trinajstić information content (AvgIpc) is 2.15. The summed E-state index contributed by atoms with van der Waals surface area (Å²) in [5.74, 6) is -0.395. The number of halogens is 2. The molecular formula is C11H14F2N2. The third-order valence-corrected chi connectivity index (χ3v) is 2.89. The van der Waals surface area contributed by atoms with E-state index in [1.54, 1.807) is 7.05 Å². The molecule has 1 aromatic rings. The van der Waals surface area contributed by atoms with Crippen LogP contribution in [0.1, 0.15) is 11.6 Å². The maximum Gasteiger partial charge on any atom is 0.128 e. The van der Waals surface area contributed by atoms with Crippen molar-refractivity contribution in [2.75, 3.05) is 20.1 Å². The van der Waals surface area contributed by atoms with Crippen molar-refractivity contribution in [1.29, 1.82) is 0 Å². The lowest BCUT2D eigenvalue weighted by Crippen LogP contribution is -2.48. The molecule has 2 N–H and O–H groups in total. The van der Waals surface area contributed by atoms with Crippen molar-refractivity contribution in [3.63, 3.8) is 0 Å². The molecule has 0 radical (unpaired) electrons. The van der Waals surface area contributed by atoms with Gasteiger partial charge >= 0.3 is 0 Å². The quantitative estimate of drug-likeness (QED) is 0.792. The van der Waals surface area contributed by atoms with E-state index >= 15 is 0 Å². The molecule has 1 aromatic carbocycles. The largest absolute Gasteiger partial charge is 0.316 e. The Labute approximate surface area is 87.7 Å². The molecular weight excluding hydrogens is 198 g/mol. The summed E-state index contributed by atoms with van der Waals surface area (Å²) in [6, 6.07) is 3.49. The van der Waals surface area contributed by atoms with Crippen molar-refractivity contribution in [2.24, 2.45) is 5.92 Å². The van der Waals surface area contributed by atoms with Gasteiger partial charge in [-0.25, -0.2) is 8.78 Å². The molecule has 1 atom stereocenters. The van der Waals surface area contributed by atoms with E-state index in [1.807, 2.05) is 0 Å². The van der Waals surface area contributed by atoms with Crippen molar-refractivity contribution in [2.45, 2.75) is 6.04 Å². The summed E-state index contributed by atoms with van der Waals surface area (Å²) in [6.07, 6.45) is 0. The first-order valence-corrected chi connectivity index (χ1v) is 5.05. The molecule has 4 heteroatoms. The fourth-order valence-corrected chi connectivity index (χ4v) is 1.94. The smallest absolute Gasteiger partial charge is 0.128 e. The van der Waals surface area contributed by atoms with Crippen LogP contribution in [0.5, 0.6) is 0 Å². The number of benzene rings is 1. The molecule has 0 spiro atoms. The van der Waals surface area contributed by atoms with E-state index in [2.05, 4.69) is 10.6 Å². The van der Waals surface area contributed by atoms with Crippen molar-refractivity contribution in [1.82, 2.24) is 10.6 Å². The normalized spacial score (nSPS) is 18.6. The van der Waals surface area contributed by atoms with Gasteiger partial charge in [-0.15, -0.1) is 0 Å². The molecule has 1 fully saturated rings. The van der Waals surface area contributed by atoms with Gasteiger partial charge < -0.3 is 10.6 Å². The zero-order valence-corrected chi connectivity index (χ0v) is 8.56. The summed E-state index contributed by atoms with van der Waals surface area (Å²) in [5.41, 5.74) is 0.420. The van der Waals surface area contributed by atoms with Crippen LogP contribution < -0.4 is 10.6 Å². The highest BCUT2D eigenvalue weighted by Gasteiger charge is 2.29. The molecule has 0 aromatic heterocycles. The van der Waals surface area contributed by atoms with Gasteiger partial charge in [0, 0.05) is 30.6 Å². The van der Waals surface area contributed by atoms with Gasteiger partial charge in [-0.1, -0.05) is 0 Å². The van der Waals surface area contributed by atoms with Gasteiger partial charge in [0.05, 0.1) is 0 Å². The first-order chi connectivity index (χ1) is 7.22. The Morgan fingerprint density at radius 3 is 2.67 bits per heavy atom. The summed E-state index contributed by atoms with van der Waals surface area (Å²) in [5, 5.41) is 6.17. The van der Waals surface area contributed by atoms with Crippen LogP contribution in [0.15, 0.2) is 18.2 Å². The standard InChI is InChI=1S/C11H14F2N2/c1-14-11(7-5-15-6-7)9-4-8(12)2-3-10(9)13/h2-4,7,11,14-15H,5-6H2,1H3. The van der Waals surface area contributed by atoms with E-state index in [4.69, 9.17) is 0 Å². The number of nitrogens with one attached hydrogen (secondary N) is 2. The molecule has 0 saturated carbocycles. The van der Waals surface area contributed by atoms with Crippen LogP contribution in [0.25, 0.3) is 0 Å². The van der Waals surface area contributed by atoms with Gasteiger partial charge in [-0.05, 0) is 25.2 Å². The summed E-state index contributed by atoms with van der Waals surface area (Å²) in [6.45, 7) is 1.70. The monoisotopic (exact) mass is 212 g/mol. The van der Waals surface area contributed by atoms with Crippen LogP contribution in [-0.4, -0.2) is 20.1 Å². The minimum Gasteiger partial charge on any atom is -0.316 e. The zero-order valence-electron chi connectivity index (χ0n) is 8.56. The van der Waals surface area contributed by atoms with Crippen molar-refractivity contribution in [3.8, 4) is 0 Å². The van der Waals surface area contributed by atoms with Crippen molar-refractivity contribution >= 4 is 0 Å². The average molecular weight is 212 g/mol. The molecule has 1 unspecified atom stereocenters. The highest BCUT2D eigenvalue weighted by atomic mass is 19.1. The summed E-state index contributed by atoms with van der Waals surface area (Å²) >= 11 is 0. The molecule has 1 heterocycles. The van der Waals surface area contributed by atoms with Crippen LogP contribution in [0.2, 0.25) is 0 Å². The third-order valence-electron chi connectivity index (χ3n) is 2.89. The summed E-state index contributed by atoms with van der Waals surface area (Å²) < 4.78 is 26.5. The molecule has 82 valence electrons. The Hall–Kier alpha value is -1.00. The summed E-state index contributed by atoms with van der Waals surface area (Å²) in [4.78, 5) is 0. The third kappa shape index (κ3) is 2.01. The first-order valence-electron chi connectivity index (χ1n) is 5.05. The Morgan fingerprint density at radius 1 is 1.40 bits per heavy atom. The second-order valence-corrected chi connectivity index (χ2v) is 3.85. The molecule has 15 heavy (non-hydrogen) atoms. The Morgan fingerprint density at radius 2 is 2.13 bits per heavy atom. The molecule has 1 saturated heterocycles. The van der Waals surface area contributed by atoms with Gasteiger partial charge in [0.15, 0.2) is 0 Å². The van der Waals surface area contributed by atoms with Gasteiger partial charge in [-0.2, -0.15) is 0 Å². The van der Waals surface area contributed by atoms with Crippen molar-refractivity contribution in [3.05, 3.63) is 35.4 Å². The second-order valence-electron chi connectivity index (χ2n) is 3.85. The van der Waals surface area contributed by atoms with E-state index in [0.29, 0.717) is 11.5 Å². The maximum atomic E-state index is 13.5. The molecule has 0 amide bonds. The zero-order chi connectivity index (χ0) is 10.8. The van der Waals surface area contributed by atoms with E-state index in [9.17, 15) is 8.78 Å². The van der Waals surface area contributed by atoms with Crippen LogP contribution in [0.4, 0.5) is 8.78 Å². The Balaban J connectivity index is 2.28. The minimum absolute atomic E-state index is 0.109. The lowest BCUT2D eigenvalue weighted by Gasteiger charge is -2.35. The number of hydrogen-bond donors (Lipinski definition) is 2.